The zero-order valence-electron chi connectivity index (χ0n) is 51.4. The maximum absolute atomic E-state index is 9.09. The first kappa shape index (κ1) is 35.6. The average molecular weight is 978 g/mol. The van der Waals surface area contributed by atoms with Gasteiger partial charge in [0.1, 0.15) is 17.3 Å². The summed E-state index contributed by atoms with van der Waals surface area (Å²) in [5, 5.41) is 4.35. The van der Waals surface area contributed by atoms with E-state index in [9.17, 15) is 0 Å². The molecule has 0 fully saturated rings. The van der Waals surface area contributed by atoms with Gasteiger partial charge in [-0.25, -0.2) is 4.99 Å². The van der Waals surface area contributed by atoms with Gasteiger partial charge in [-0.05, 0) is 113 Å². The van der Waals surface area contributed by atoms with Gasteiger partial charge in [0, 0.05) is 38.9 Å². The molecule has 0 atom stereocenters. The number of nitrogens with zero attached hydrogens (tertiary/aromatic N) is 5. The Hall–Kier alpha value is -9.52. The highest BCUT2D eigenvalue weighted by atomic mass is 16.5. The molecule has 75 heavy (non-hydrogen) atoms. The smallest absolute Gasteiger partial charge is 0.269 e. The van der Waals surface area contributed by atoms with Crippen molar-refractivity contribution in [2.45, 2.75) is 27.2 Å². The number of para-hydroxylation sites is 6. The first-order valence-electron chi connectivity index (χ1n) is 29.8. The molecular weight excluding hydrogens is 915 g/mol. The number of aromatic nitrogens is 4. The summed E-state index contributed by atoms with van der Waals surface area (Å²) in [5.41, 5.74) is 9.26. The van der Waals surface area contributed by atoms with E-state index < -0.39 is 60.4 Å². The van der Waals surface area contributed by atoms with Gasteiger partial charge in [-0.2, -0.15) is 0 Å². The predicted octanol–water partition coefficient (Wildman–Crippen LogP) is 17.6. The maximum Gasteiger partial charge on any atom is 0.269 e. The predicted molar refractivity (Wildman–Crippen MR) is 312 cm³/mol. The Labute approximate surface area is 450 Å². The van der Waals surface area contributed by atoms with Crippen LogP contribution in [-0.4, -0.2) is 20.4 Å². The Kier molecular flexibility index (Phi) is 8.78. The third kappa shape index (κ3) is 8.08. The number of hydrogen-bond acceptors (Lipinski definition) is 2. The molecule has 10 aromatic carbocycles. The van der Waals surface area contributed by atoms with Crippen molar-refractivity contribution in [1.82, 2.24) is 13.7 Å². The highest BCUT2D eigenvalue weighted by Gasteiger charge is 2.22. The van der Waals surface area contributed by atoms with Crippen molar-refractivity contribution in [3.63, 3.8) is 0 Å². The molecule has 360 valence electrons. The molecule has 0 aliphatic heterocycles. The standard InChI is InChI=1S/C69H53N5O/c1-69(2,3)42-41-66(70-4)74-62-40-37-49(56-32-20-33-59-57-29-14-15-34-61(57)73(68(56)59)50-25-12-7-13-26-50)43-60(62)58-39-38-53(45-65(58)74)75-52-28-18-27-51(44-52)71-46-72(64-36-17-16-35-63(64)71)67-54(47-21-8-5-9-22-47)30-19-31-55(67)48-23-10-6-11-24-48/h5-41,43-45H,4,42H2,1-3H3/b66-41+/i5D,6D,8D,9D,10D,11D,21D,22D,23D,24D. The van der Waals surface area contributed by atoms with Crippen LogP contribution in [0.3, 0.4) is 0 Å². The second kappa shape index (κ2) is 18.5. The van der Waals surface area contributed by atoms with Crippen LogP contribution in [0.5, 0.6) is 11.5 Å². The molecule has 13 aromatic rings. The van der Waals surface area contributed by atoms with Crippen LogP contribution >= 0.6 is 0 Å². The first-order chi connectivity index (χ1) is 40.9. The topological polar surface area (TPSA) is 40.3 Å². The van der Waals surface area contributed by atoms with E-state index >= 15 is 0 Å². The van der Waals surface area contributed by atoms with Crippen LogP contribution in [0.4, 0.5) is 0 Å². The first-order valence-corrected chi connectivity index (χ1v) is 24.8. The van der Waals surface area contributed by atoms with Gasteiger partial charge in [0.05, 0.1) is 58.2 Å². The maximum atomic E-state index is 9.09. The minimum Gasteiger partial charge on any atom is -0.458 e. The van der Waals surface area contributed by atoms with Gasteiger partial charge in [-0.1, -0.05) is 190 Å². The van der Waals surface area contributed by atoms with E-state index in [4.69, 9.17) is 18.4 Å². The fourth-order valence-corrected chi connectivity index (χ4v) is 10.4. The number of ether oxygens (including phenoxy) is 1. The summed E-state index contributed by atoms with van der Waals surface area (Å²) in [6.45, 7) is 10.7. The van der Waals surface area contributed by atoms with Gasteiger partial charge in [-0.3, -0.25) is 13.7 Å². The van der Waals surface area contributed by atoms with E-state index in [1.54, 1.807) is 27.3 Å². The number of fused-ring (bicyclic) bond motifs is 7. The molecule has 0 radical (unpaired) electrons. The molecule has 0 aliphatic rings. The van der Waals surface area contributed by atoms with Crippen molar-refractivity contribution in [1.29, 1.82) is 0 Å². The summed E-state index contributed by atoms with van der Waals surface area (Å²) in [7, 11) is 0. The highest BCUT2D eigenvalue weighted by molar-refractivity contribution is 6.16. The number of imidazole rings is 1. The van der Waals surface area contributed by atoms with Gasteiger partial charge >= 0.3 is 0 Å². The van der Waals surface area contributed by atoms with Crippen molar-refractivity contribution >= 4 is 67.2 Å². The Bertz CT molecular complexity index is 4830. The molecule has 0 bridgehead atoms. The van der Waals surface area contributed by atoms with E-state index in [-0.39, 0.29) is 33.4 Å². The van der Waals surface area contributed by atoms with E-state index in [1.807, 2.05) is 66.7 Å². The molecule has 6 nitrogen and oxygen atoms in total. The summed E-state index contributed by atoms with van der Waals surface area (Å²) in [6, 6.07) is 52.6. The van der Waals surface area contributed by atoms with E-state index in [2.05, 4.69) is 145 Å². The Morgan fingerprint density at radius 3 is 1.93 bits per heavy atom. The molecule has 3 aromatic heterocycles. The van der Waals surface area contributed by atoms with E-state index in [0.29, 0.717) is 34.0 Å². The summed E-state index contributed by atoms with van der Waals surface area (Å²) in [4.78, 5) is 4.65. The number of aliphatic imine (C=N–C) groups is 1. The van der Waals surface area contributed by atoms with E-state index in [0.717, 1.165) is 61.5 Å². The van der Waals surface area contributed by atoms with Crippen LogP contribution in [0, 0.1) is 11.7 Å². The zero-order chi connectivity index (χ0) is 59.3. The SMILES string of the molecule is [2H]c1c([2H])c([2H])c(-c2cccc(-c3c([2H])c([2H])c([2H])c([2H])c3[2H])c2-[n+]2[c-]n(-c3cccc(Oc4ccc5c6cc(-c7cccc8c9ccccc9n(-c9ccccc9)c78)ccc6n(/C(=C/CC(C)(C)C)N=C)c5c4)c3)c3ccccc32)c([2H])c1[2H]. The van der Waals surface area contributed by atoms with Crippen LogP contribution in [0.25, 0.3) is 111 Å². The highest BCUT2D eigenvalue weighted by Crippen LogP contribution is 2.42. The molecule has 0 saturated carbocycles. The van der Waals surface area contributed by atoms with Crippen molar-refractivity contribution in [3.05, 3.63) is 249 Å². The lowest BCUT2D eigenvalue weighted by Gasteiger charge is -2.17. The lowest BCUT2D eigenvalue weighted by molar-refractivity contribution is -0.571. The van der Waals surface area contributed by atoms with Crippen LogP contribution < -0.4 is 9.30 Å². The van der Waals surface area contributed by atoms with Crippen LogP contribution in [0.1, 0.15) is 40.9 Å². The molecule has 0 N–H and O–H groups in total. The minimum atomic E-state index is -0.572. The normalized spacial score (nSPS) is 14.0. The van der Waals surface area contributed by atoms with Crippen LogP contribution in [0.15, 0.2) is 247 Å². The molecular formula is C69H53N5O. The molecule has 0 unspecified atom stereocenters. The summed E-state index contributed by atoms with van der Waals surface area (Å²) < 4.78 is 102. The second-order valence-corrected chi connectivity index (χ2v) is 19.7. The quantitative estimate of drug-likeness (QED) is 0.0723. The zero-order valence-corrected chi connectivity index (χ0v) is 41.4. The summed E-state index contributed by atoms with van der Waals surface area (Å²) in [6.07, 6.45) is 6.35. The van der Waals surface area contributed by atoms with Gasteiger partial charge in [-0.15, -0.1) is 0 Å². The fraction of sp³-hybridized carbons (Fsp3) is 0.0725. The molecule has 0 saturated heterocycles. The average Bonchev–Trinajstić information content (AvgIpc) is 2.01. The van der Waals surface area contributed by atoms with Crippen molar-refractivity contribution in [3.8, 4) is 61.9 Å². The Morgan fingerprint density at radius 2 is 1.19 bits per heavy atom. The Morgan fingerprint density at radius 1 is 0.560 bits per heavy atom. The molecule has 6 heteroatoms. The minimum absolute atomic E-state index is 0.0286. The van der Waals surface area contributed by atoms with Crippen LogP contribution in [0.2, 0.25) is 0 Å². The third-order valence-electron chi connectivity index (χ3n) is 13.7. The Balaban J connectivity index is 0.958. The number of benzene rings is 10. The van der Waals surface area contributed by atoms with E-state index in [1.165, 1.54) is 5.39 Å². The van der Waals surface area contributed by atoms with Gasteiger partial charge in [0.25, 0.3) is 6.33 Å². The van der Waals surface area contributed by atoms with Crippen molar-refractivity contribution < 1.29 is 23.0 Å². The lowest BCUT2D eigenvalue weighted by atomic mass is 9.92. The van der Waals surface area contributed by atoms with Crippen molar-refractivity contribution in [2.75, 3.05) is 0 Å². The lowest BCUT2D eigenvalue weighted by Crippen LogP contribution is -2.31. The number of allylic oxidation sites excluding steroid dienone is 1. The monoisotopic (exact) mass is 977 g/mol. The molecule has 0 spiro atoms. The largest absolute Gasteiger partial charge is 0.458 e. The number of hydrogen-bond donors (Lipinski definition) is 0. The summed E-state index contributed by atoms with van der Waals surface area (Å²) in [5.74, 6) is 1.74. The number of rotatable bonds is 11. The fourth-order valence-electron chi connectivity index (χ4n) is 10.4. The molecule has 0 amide bonds. The van der Waals surface area contributed by atoms with Gasteiger partial charge in [0.15, 0.2) is 0 Å². The summed E-state index contributed by atoms with van der Waals surface area (Å²) >= 11 is 0. The molecule has 13 rings (SSSR count). The second-order valence-electron chi connectivity index (χ2n) is 19.7. The van der Waals surface area contributed by atoms with Crippen molar-refractivity contribution in [2.24, 2.45) is 10.4 Å². The molecule has 0 aliphatic carbocycles. The van der Waals surface area contributed by atoms with Crippen LogP contribution in [-0.2, 0) is 0 Å². The molecule has 3 heterocycles. The third-order valence-corrected chi connectivity index (χ3v) is 13.7. The van der Waals surface area contributed by atoms with Gasteiger partial charge < -0.3 is 9.30 Å². The van der Waals surface area contributed by atoms with Gasteiger partial charge in [0.2, 0.25) is 0 Å².